The maximum atomic E-state index is 12.8. The monoisotopic (exact) mass is 398 g/mol. The molecule has 2 aromatic rings. The molecule has 2 heterocycles. The normalized spacial score (nSPS) is 21.3. The summed E-state index contributed by atoms with van der Waals surface area (Å²) in [7, 11) is 1.67. The Morgan fingerprint density at radius 3 is 2.68 bits per heavy atom. The molecule has 0 saturated heterocycles. The van der Waals surface area contributed by atoms with Crippen molar-refractivity contribution in [1.29, 1.82) is 0 Å². The molecular formula is C18H21F3N4O3. The van der Waals surface area contributed by atoms with Crippen LogP contribution in [0.4, 0.5) is 13.2 Å². The van der Waals surface area contributed by atoms with Crippen LogP contribution < -0.4 is 5.32 Å². The molecule has 1 fully saturated rings. The average Bonchev–Trinajstić information content (AvgIpc) is 3.18. The number of nitrogens with zero attached hydrogens (tertiary/aromatic N) is 3. The molecule has 1 aliphatic carbocycles. The van der Waals surface area contributed by atoms with Crippen LogP contribution in [0.3, 0.4) is 0 Å². The number of amides is 1. The van der Waals surface area contributed by atoms with Crippen molar-refractivity contribution >= 4 is 5.91 Å². The van der Waals surface area contributed by atoms with Gasteiger partial charge in [-0.15, -0.1) is 0 Å². The van der Waals surface area contributed by atoms with Crippen LogP contribution in [-0.2, 0) is 15.7 Å². The van der Waals surface area contributed by atoms with Crippen LogP contribution in [0.1, 0.15) is 50.2 Å². The van der Waals surface area contributed by atoms with Gasteiger partial charge in [-0.1, -0.05) is 5.16 Å². The number of carbonyl (C=O) groups excluding carboxylic acids is 1. The Labute approximate surface area is 159 Å². The molecule has 2 aromatic heterocycles. The number of rotatable bonds is 5. The second kappa shape index (κ2) is 8.26. The highest BCUT2D eigenvalue weighted by molar-refractivity contribution is 5.79. The molecule has 10 heteroatoms. The lowest BCUT2D eigenvalue weighted by atomic mass is 9.86. The predicted octanol–water partition coefficient (Wildman–Crippen LogP) is 3.53. The number of ether oxygens (including phenoxy) is 1. The van der Waals surface area contributed by atoms with Gasteiger partial charge in [0.15, 0.2) is 0 Å². The van der Waals surface area contributed by atoms with E-state index < -0.39 is 17.9 Å². The third-order valence-electron chi connectivity index (χ3n) is 4.86. The summed E-state index contributed by atoms with van der Waals surface area (Å²) < 4.78 is 48.8. The van der Waals surface area contributed by atoms with E-state index in [0.717, 1.165) is 37.9 Å². The molecule has 7 nitrogen and oxygen atoms in total. The first-order valence-electron chi connectivity index (χ1n) is 8.98. The van der Waals surface area contributed by atoms with Crippen LogP contribution in [0.5, 0.6) is 0 Å². The minimum atomic E-state index is -4.56. The molecule has 152 valence electrons. The summed E-state index contributed by atoms with van der Waals surface area (Å²) in [6, 6.07) is 1.66. The number of nitrogens with one attached hydrogen (secondary N) is 1. The Morgan fingerprint density at radius 2 is 2.04 bits per heavy atom. The highest BCUT2D eigenvalue weighted by Crippen LogP contribution is 2.30. The van der Waals surface area contributed by atoms with Gasteiger partial charge in [-0.2, -0.15) is 18.2 Å². The Balaban J connectivity index is 1.64. The van der Waals surface area contributed by atoms with E-state index in [1.165, 1.54) is 6.07 Å². The van der Waals surface area contributed by atoms with Crippen molar-refractivity contribution in [2.75, 3.05) is 7.11 Å². The molecule has 1 amide bonds. The van der Waals surface area contributed by atoms with Crippen molar-refractivity contribution in [2.45, 2.75) is 50.9 Å². The fraction of sp³-hybridized carbons (Fsp3) is 0.556. The molecule has 0 spiro atoms. The topological polar surface area (TPSA) is 90.1 Å². The van der Waals surface area contributed by atoms with Crippen LogP contribution >= 0.6 is 0 Å². The van der Waals surface area contributed by atoms with Crippen LogP contribution in [0, 0.1) is 5.92 Å². The second-order valence-electron chi connectivity index (χ2n) is 6.82. The minimum Gasteiger partial charge on any atom is -0.381 e. The maximum Gasteiger partial charge on any atom is 0.433 e. The number of carbonyl (C=O) groups is 1. The fourth-order valence-corrected chi connectivity index (χ4v) is 3.21. The van der Waals surface area contributed by atoms with Gasteiger partial charge in [-0.3, -0.25) is 9.78 Å². The summed E-state index contributed by atoms with van der Waals surface area (Å²) >= 11 is 0. The minimum absolute atomic E-state index is 0.00426. The Morgan fingerprint density at radius 1 is 1.32 bits per heavy atom. The van der Waals surface area contributed by atoms with E-state index in [-0.39, 0.29) is 35.2 Å². The lowest BCUT2D eigenvalue weighted by Crippen LogP contribution is -2.36. The van der Waals surface area contributed by atoms with Gasteiger partial charge < -0.3 is 14.6 Å². The van der Waals surface area contributed by atoms with Crippen LogP contribution in [-0.4, -0.2) is 34.2 Å². The van der Waals surface area contributed by atoms with E-state index >= 15 is 0 Å². The first-order chi connectivity index (χ1) is 13.3. The molecule has 0 aromatic carbocycles. The number of aromatic nitrogens is 3. The van der Waals surface area contributed by atoms with E-state index in [1.807, 2.05) is 0 Å². The summed E-state index contributed by atoms with van der Waals surface area (Å²) in [5, 5.41) is 6.55. The lowest BCUT2D eigenvalue weighted by molar-refractivity contribution is -0.141. The molecule has 1 N–H and O–H groups in total. The molecule has 1 atom stereocenters. The van der Waals surface area contributed by atoms with Crippen molar-refractivity contribution in [3.05, 3.63) is 29.9 Å². The first-order valence-corrected chi connectivity index (χ1v) is 8.98. The van der Waals surface area contributed by atoms with Gasteiger partial charge in [0, 0.05) is 24.8 Å². The van der Waals surface area contributed by atoms with E-state index in [4.69, 9.17) is 9.26 Å². The summed E-state index contributed by atoms with van der Waals surface area (Å²) in [5.74, 6) is -0.0836. The highest BCUT2D eigenvalue weighted by Gasteiger charge is 2.33. The van der Waals surface area contributed by atoms with E-state index in [1.54, 1.807) is 14.0 Å². The molecule has 0 aliphatic heterocycles. The summed E-state index contributed by atoms with van der Waals surface area (Å²) in [4.78, 5) is 19.9. The summed E-state index contributed by atoms with van der Waals surface area (Å²) in [6.45, 7) is 1.68. The van der Waals surface area contributed by atoms with Crippen molar-refractivity contribution < 1.29 is 27.2 Å². The van der Waals surface area contributed by atoms with Gasteiger partial charge in [0.25, 0.3) is 0 Å². The quantitative estimate of drug-likeness (QED) is 0.829. The molecule has 0 bridgehead atoms. The third-order valence-corrected chi connectivity index (χ3v) is 4.86. The van der Waals surface area contributed by atoms with E-state index in [2.05, 4.69) is 20.4 Å². The van der Waals surface area contributed by atoms with E-state index in [0.29, 0.717) is 0 Å². The SMILES string of the molecule is COC1CCC(C(=O)N[C@@H](C)c2nc(-c3ccnc(C(F)(F)F)c3)no2)CC1. The zero-order valence-electron chi connectivity index (χ0n) is 15.5. The van der Waals surface area contributed by atoms with Gasteiger partial charge in [-0.05, 0) is 44.7 Å². The number of halogens is 3. The first kappa shape index (κ1) is 20.2. The second-order valence-corrected chi connectivity index (χ2v) is 6.82. The number of alkyl halides is 3. The number of methoxy groups -OCH3 is 1. The van der Waals surface area contributed by atoms with Gasteiger partial charge >= 0.3 is 6.18 Å². The highest BCUT2D eigenvalue weighted by atomic mass is 19.4. The number of hydrogen-bond donors (Lipinski definition) is 1. The number of pyridine rings is 1. The van der Waals surface area contributed by atoms with Crippen LogP contribution in [0.15, 0.2) is 22.9 Å². The maximum absolute atomic E-state index is 12.8. The van der Waals surface area contributed by atoms with Gasteiger partial charge in [0.2, 0.25) is 17.6 Å². The van der Waals surface area contributed by atoms with Crippen molar-refractivity contribution in [2.24, 2.45) is 5.92 Å². The molecule has 3 rings (SSSR count). The van der Waals surface area contributed by atoms with Crippen LogP contribution in [0.2, 0.25) is 0 Å². The van der Waals surface area contributed by atoms with Crippen LogP contribution in [0.25, 0.3) is 11.4 Å². The Bertz CT molecular complexity index is 816. The molecule has 1 aliphatic rings. The molecule has 1 saturated carbocycles. The van der Waals surface area contributed by atoms with E-state index in [9.17, 15) is 18.0 Å². The summed E-state index contributed by atoms with van der Waals surface area (Å²) in [5.41, 5.74) is -0.905. The molecule has 28 heavy (non-hydrogen) atoms. The smallest absolute Gasteiger partial charge is 0.381 e. The van der Waals surface area contributed by atoms with Gasteiger partial charge in [0.1, 0.15) is 11.7 Å². The van der Waals surface area contributed by atoms with Crippen molar-refractivity contribution in [3.63, 3.8) is 0 Å². The average molecular weight is 398 g/mol. The largest absolute Gasteiger partial charge is 0.433 e. The zero-order chi connectivity index (χ0) is 20.3. The van der Waals surface area contributed by atoms with Gasteiger partial charge in [-0.25, -0.2) is 0 Å². The van der Waals surface area contributed by atoms with Gasteiger partial charge in [0.05, 0.1) is 6.10 Å². The molecular weight excluding hydrogens is 377 g/mol. The molecule has 0 unspecified atom stereocenters. The zero-order valence-corrected chi connectivity index (χ0v) is 15.5. The Kier molecular flexibility index (Phi) is 5.97. The molecule has 0 radical (unpaired) electrons. The van der Waals surface area contributed by atoms with Crippen molar-refractivity contribution in [1.82, 2.24) is 20.4 Å². The predicted molar refractivity (Wildman–Crippen MR) is 91.8 cm³/mol. The summed E-state index contributed by atoms with van der Waals surface area (Å²) in [6.07, 6.45) is -0.190. The third kappa shape index (κ3) is 4.67. The Hall–Kier alpha value is -2.49. The number of hydrogen-bond acceptors (Lipinski definition) is 6. The fourth-order valence-electron chi connectivity index (χ4n) is 3.21. The lowest BCUT2D eigenvalue weighted by Gasteiger charge is -2.27. The standard InChI is InChI=1S/C18H21F3N4O3/c1-10(23-16(26)11-3-5-13(27-2)6-4-11)17-24-15(25-28-17)12-7-8-22-14(9-12)18(19,20)21/h7-11,13H,3-6H2,1-2H3,(H,23,26)/t10-,11?,13?/m0/s1. The van der Waals surface area contributed by atoms with Crippen molar-refractivity contribution in [3.8, 4) is 11.4 Å².